The van der Waals surface area contributed by atoms with Gasteiger partial charge in [-0.15, -0.1) is 12.4 Å². The molecule has 1 aliphatic carbocycles. The maximum absolute atomic E-state index is 12.2. The number of nitrogens with one attached hydrogen (secondary N) is 1. The van der Waals surface area contributed by atoms with Crippen LogP contribution in [-0.2, 0) is 10.3 Å². The zero-order chi connectivity index (χ0) is 16.7. The van der Waals surface area contributed by atoms with Crippen molar-refractivity contribution in [3.05, 3.63) is 18.2 Å². The van der Waals surface area contributed by atoms with Crippen molar-refractivity contribution in [2.24, 2.45) is 11.1 Å². The van der Waals surface area contributed by atoms with Gasteiger partial charge in [-0.3, -0.25) is 4.79 Å². The van der Waals surface area contributed by atoms with Crippen LogP contribution in [0, 0.1) is 5.41 Å². The Morgan fingerprint density at radius 3 is 2.54 bits per heavy atom. The summed E-state index contributed by atoms with van der Waals surface area (Å²) in [4.78, 5) is 24.9. The van der Waals surface area contributed by atoms with Crippen LogP contribution in [0.2, 0.25) is 0 Å². The van der Waals surface area contributed by atoms with Gasteiger partial charge in [-0.05, 0) is 19.3 Å². The molecule has 0 aromatic carbocycles. The van der Waals surface area contributed by atoms with E-state index in [4.69, 9.17) is 10.3 Å². The van der Waals surface area contributed by atoms with E-state index in [2.05, 4.69) is 25.4 Å². The Morgan fingerprint density at radius 1 is 1.29 bits per heavy atom. The van der Waals surface area contributed by atoms with E-state index in [0.717, 1.165) is 19.3 Å². The van der Waals surface area contributed by atoms with Gasteiger partial charge >= 0.3 is 0 Å². The van der Waals surface area contributed by atoms with Gasteiger partial charge in [-0.25, -0.2) is 9.97 Å². The Balaban J connectivity index is 0.00000208. The summed E-state index contributed by atoms with van der Waals surface area (Å²) >= 11 is 0. The third-order valence-electron chi connectivity index (χ3n) is 3.93. The van der Waals surface area contributed by atoms with Crippen LogP contribution in [0.5, 0.6) is 0 Å². The van der Waals surface area contributed by atoms with Crippen LogP contribution in [0.4, 0.5) is 5.82 Å². The van der Waals surface area contributed by atoms with Gasteiger partial charge in [0, 0.05) is 17.8 Å². The summed E-state index contributed by atoms with van der Waals surface area (Å²) in [5.74, 6) is 0.794. The molecular weight excluding hydrogens is 332 g/mol. The molecule has 1 saturated carbocycles. The first-order valence-electron chi connectivity index (χ1n) is 7.55. The summed E-state index contributed by atoms with van der Waals surface area (Å²) in [5, 5.41) is 6.72. The zero-order valence-electron chi connectivity index (χ0n) is 13.9. The summed E-state index contributed by atoms with van der Waals surface area (Å²) in [6.45, 7) is 5.45. The number of nitrogens with two attached hydrogens (primary N) is 1. The summed E-state index contributed by atoms with van der Waals surface area (Å²) < 4.78 is 5.29. The van der Waals surface area contributed by atoms with Gasteiger partial charge in [0.05, 0.1) is 5.54 Å². The van der Waals surface area contributed by atoms with E-state index >= 15 is 0 Å². The molecule has 0 unspecified atom stereocenters. The molecule has 3 rings (SSSR count). The van der Waals surface area contributed by atoms with E-state index in [-0.39, 0.29) is 24.2 Å². The lowest BCUT2D eigenvalue weighted by Gasteiger charge is -2.34. The number of amides is 1. The molecule has 0 aliphatic heterocycles. The predicted octanol–water partition coefficient (Wildman–Crippen LogP) is 2.27. The molecule has 130 valence electrons. The second kappa shape index (κ2) is 6.45. The van der Waals surface area contributed by atoms with Crippen molar-refractivity contribution >= 4 is 24.1 Å². The summed E-state index contributed by atoms with van der Waals surface area (Å²) in [6.07, 6.45) is 5.72. The number of carbonyl (C=O) groups is 1. The van der Waals surface area contributed by atoms with E-state index in [1.54, 1.807) is 0 Å². The van der Waals surface area contributed by atoms with Gasteiger partial charge in [0.25, 0.3) is 5.89 Å². The first kappa shape index (κ1) is 18.3. The lowest BCUT2D eigenvalue weighted by atomic mass is 9.77. The molecule has 0 saturated heterocycles. The largest absolute Gasteiger partial charge is 0.332 e. The van der Waals surface area contributed by atoms with E-state index < -0.39 is 11.0 Å². The Hall–Kier alpha value is -2.06. The standard InChI is InChI=1S/C15H20N6O2.ClH/c1-14(2,3)13(22)19-10-9(17-7-8-18-10)11-20-12(21-23-11)15(16)5-4-6-15;/h7-8H,4-6,16H2,1-3H3,(H,18,19,22);1H. The number of halogens is 1. The van der Waals surface area contributed by atoms with Crippen LogP contribution in [0.25, 0.3) is 11.6 Å². The van der Waals surface area contributed by atoms with Gasteiger partial charge in [-0.2, -0.15) is 4.98 Å². The molecule has 0 spiro atoms. The number of anilines is 1. The minimum absolute atomic E-state index is 0. The highest BCUT2D eigenvalue weighted by Crippen LogP contribution is 2.37. The Labute approximate surface area is 146 Å². The molecule has 0 bridgehead atoms. The number of hydrogen-bond acceptors (Lipinski definition) is 7. The van der Waals surface area contributed by atoms with Crippen molar-refractivity contribution in [3.63, 3.8) is 0 Å². The quantitative estimate of drug-likeness (QED) is 0.869. The number of hydrogen-bond donors (Lipinski definition) is 2. The summed E-state index contributed by atoms with van der Waals surface area (Å²) in [5.41, 5.74) is 5.47. The number of rotatable bonds is 3. The summed E-state index contributed by atoms with van der Waals surface area (Å²) in [6, 6.07) is 0. The number of carbonyl (C=O) groups excluding carboxylic acids is 1. The molecule has 1 fully saturated rings. The highest BCUT2D eigenvalue weighted by atomic mass is 35.5. The normalized spacial score (nSPS) is 16.0. The van der Waals surface area contributed by atoms with E-state index in [0.29, 0.717) is 17.3 Å². The predicted molar refractivity (Wildman–Crippen MR) is 90.4 cm³/mol. The van der Waals surface area contributed by atoms with Gasteiger partial charge in [-0.1, -0.05) is 25.9 Å². The number of aromatic nitrogens is 4. The second-order valence-corrected chi connectivity index (χ2v) is 6.89. The highest BCUT2D eigenvalue weighted by Gasteiger charge is 2.39. The minimum atomic E-state index is -0.554. The fourth-order valence-electron chi connectivity index (χ4n) is 2.18. The topological polar surface area (TPSA) is 120 Å². The van der Waals surface area contributed by atoms with Gasteiger partial charge in [0.2, 0.25) is 5.91 Å². The van der Waals surface area contributed by atoms with Crippen molar-refractivity contribution in [2.45, 2.75) is 45.6 Å². The molecule has 9 heteroatoms. The molecule has 1 amide bonds. The average molecular weight is 353 g/mol. The van der Waals surface area contributed by atoms with Gasteiger partial charge in [0.15, 0.2) is 17.3 Å². The number of nitrogens with zero attached hydrogens (tertiary/aromatic N) is 4. The second-order valence-electron chi connectivity index (χ2n) is 6.89. The third kappa shape index (κ3) is 3.39. The molecule has 2 heterocycles. The van der Waals surface area contributed by atoms with Crippen molar-refractivity contribution in [3.8, 4) is 11.6 Å². The van der Waals surface area contributed by atoms with Crippen molar-refractivity contribution in [2.75, 3.05) is 5.32 Å². The van der Waals surface area contributed by atoms with Crippen molar-refractivity contribution in [1.29, 1.82) is 0 Å². The molecule has 8 nitrogen and oxygen atoms in total. The van der Waals surface area contributed by atoms with E-state index in [1.165, 1.54) is 12.4 Å². The average Bonchev–Trinajstić information content (AvgIpc) is 2.94. The van der Waals surface area contributed by atoms with E-state index in [1.807, 2.05) is 20.8 Å². The lowest BCUT2D eigenvalue weighted by Crippen LogP contribution is -2.44. The molecule has 2 aromatic heterocycles. The fourth-order valence-corrected chi connectivity index (χ4v) is 2.18. The van der Waals surface area contributed by atoms with Crippen LogP contribution in [-0.4, -0.2) is 26.0 Å². The van der Waals surface area contributed by atoms with Crippen LogP contribution in [0.15, 0.2) is 16.9 Å². The Kier molecular flexibility index (Phi) is 4.91. The molecule has 0 radical (unpaired) electrons. The first-order chi connectivity index (χ1) is 10.8. The van der Waals surface area contributed by atoms with Crippen molar-refractivity contribution < 1.29 is 9.32 Å². The van der Waals surface area contributed by atoms with Crippen LogP contribution in [0.3, 0.4) is 0 Å². The highest BCUT2D eigenvalue weighted by molar-refractivity contribution is 5.95. The molecule has 0 atom stereocenters. The molecule has 2 aromatic rings. The molecule has 24 heavy (non-hydrogen) atoms. The van der Waals surface area contributed by atoms with Gasteiger partial charge < -0.3 is 15.6 Å². The SMILES string of the molecule is CC(C)(C)C(=O)Nc1nccnc1-c1nc(C2(N)CCC2)no1.Cl. The monoisotopic (exact) mass is 352 g/mol. The smallest absolute Gasteiger partial charge is 0.280 e. The molecular formula is C15H21ClN6O2. The minimum Gasteiger partial charge on any atom is -0.332 e. The van der Waals surface area contributed by atoms with Crippen LogP contribution < -0.4 is 11.1 Å². The Morgan fingerprint density at radius 2 is 1.96 bits per heavy atom. The zero-order valence-corrected chi connectivity index (χ0v) is 14.7. The first-order valence-corrected chi connectivity index (χ1v) is 7.55. The van der Waals surface area contributed by atoms with Crippen LogP contribution >= 0.6 is 12.4 Å². The van der Waals surface area contributed by atoms with Crippen molar-refractivity contribution in [1.82, 2.24) is 20.1 Å². The maximum atomic E-state index is 12.2. The molecule has 3 N–H and O–H groups in total. The van der Waals surface area contributed by atoms with E-state index in [9.17, 15) is 4.79 Å². The Bertz CT molecular complexity index is 736. The lowest BCUT2D eigenvalue weighted by molar-refractivity contribution is -0.123. The molecule has 1 aliphatic rings. The van der Waals surface area contributed by atoms with Crippen LogP contribution in [0.1, 0.15) is 45.9 Å². The fraction of sp³-hybridized carbons (Fsp3) is 0.533. The third-order valence-corrected chi connectivity index (χ3v) is 3.93. The maximum Gasteiger partial charge on any atom is 0.280 e. The van der Waals surface area contributed by atoms with Gasteiger partial charge in [0.1, 0.15) is 0 Å². The summed E-state index contributed by atoms with van der Waals surface area (Å²) in [7, 11) is 0.